The molecule has 0 saturated carbocycles. The Morgan fingerprint density at radius 1 is 0.750 bits per heavy atom. The predicted molar refractivity (Wildman–Crippen MR) is 103 cm³/mol. The summed E-state index contributed by atoms with van der Waals surface area (Å²) in [6.45, 7) is 2.21. The molecule has 3 heteroatoms. The minimum absolute atomic E-state index is 0.172. The number of hydrogen-bond acceptors (Lipinski definition) is 3. The van der Waals surface area contributed by atoms with Crippen molar-refractivity contribution < 1.29 is 14.9 Å². The van der Waals surface area contributed by atoms with Crippen LogP contribution in [0.5, 0.6) is 0 Å². The summed E-state index contributed by atoms with van der Waals surface area (Å²) in [4.78, 5) is 0. The van der Waals surface area contributed by atoms with Crippen molar-refractivity contribution in [3.8, 4) is 0 Å². The molecule has 144 valence electrons. The van der Waals surface area contributed by atoms with E-state index in [0.29, 0.717) is 0 Å². The number of hydrogen-bond donors (Lipinski definition) is 2. The summed E-state index contributed by atoms with van der Waals surface area (Å²) in [6.07, 6.45) is 23.3. The highest BCUT2D eigenvalue weighted by Gasteiger charge is 1.98. The molecule has 0 unspecified atom stereocenters. The Morgan fingerprint density at radius 3 is 1.67 bits per heavy atom. The fourth-order valence-electron chi connectivity index (χ4n) is 2.81. The van der Waals surface area contributed by atoms with Gasteiger partial charge in [0.2, 0.25) is 0 Å². The first-order valence-corrected chi connectivity index (χ1v) is 10.4. The monoisotopic (exact) mass is 342 g/mol. The standard InChI is InChI=1S/C21H42O3/c1-2-3-4-5-6-7-8-9-10-11-12-13-14-15-16-17-18-24-20-21(23)19-22/h17-18,21-23H,2-16,19-20H2,1H3/b18-17-/t21-/m0/s1. The Morgan fingerprint density at radius 2 is 1.21 bits per heavy atom. The van der Waals surface area contributed by atoms with E-state index >= 15 is 0 Å². The van der Waals surface area contributed by atoms with Gasteiger partial charge in [-0.15, -0.1) is 0 Å². The van der Waals surface area contributed by atoms with Gasteiger partial charge < -0.3 is 14.9 Å². The number of aliphatic hydroxyl groups is 2. The van der Waals surface area contributed by atoms with Crippen molar-refractivity contribution in [2.45, 2.75) is 109 Å². The second-order valence-electron chi connectivity index (χ2n) is 6.93. The minimum Gasteiger partial charge on any atom is -0.499 e. The van der Waals surface area contributed by atoms with Crippen LogP contribution in [0.15, 0.2) is 12.3 Å². The first-order valence-electron chi connectivity index (χ1n) is 10.4. The van der Waals surface area contributed by atoms with E-state index in [1.165, 1.54) is 89.9 Å². The summed E-state index contributed by atoms with van der Waals surface area (Å²) in [6, 6.07) is 0. The van der Waals surface area contributed by atoms with Gasteiger partial charge in [0.25, 0.3) is 0 Å². The third-order valence-electron chi connectivity index (χ3n) is 4.42. The van der Waals surface area contributed by atoms with E-state index in [1.807, 2.05) is 6.08 Å². The van der Waals surface area contributed by atoms with Crippen molar-refractivity contribution in [2.24, 2.45) is 0 Å². The number of unbranched alkanes of at least 4 members (excludes halogenated alkanes) is 14. The molecule has 3 nitrogen and oxygen atoms in total. The molecule has 0 aliphatic rings. The Hall–Kier alpha value is -0.540. The summed E-state index contributed by atoms with van der Waals surface area (Å²) in [5.74, 6) is 0. The second-order valence-corrected chi connectivity index (χ2v) is 6.93. The quantitative estimate of drug-likeness (QED) is 0.232. The van der Waals surface area contributed by atoms with Crippen LogP contribution in [0.3, 0.4) is 0 Å². The zero-order valence-electron chi connectivity index (χ0n) is 16.1. The largest absolute Gasteiger partial charge is 0.499 e. The first kappa shape index (κ1) is 23.5. The first-order chi connectivity index (χ1) is 11.8. The molecule has 0 radical (unpaired) electrons. The van der Waals surface area contributed by atoms with Crippen LogP contribution in [0, 0.1) is 0 Å². The molecule has 0 aromatic rings. The van der Waals surface area contributed by atoms with E-state index in [2.05, 4.69) is 6.92 Å². The molecule has 0 aromatic heterocycles. The lowest BCUT2D eigenvalue weighted by molar-refractivity contribution is 0.0383. The van der Waals surface area contributed by atoms with Crippen LogP contribution in [0.25, 0.3) is 0 Å². The van der Waals surface area contributed by atoms with E-state index in [1.54, 1.807) is 6.26 Å². The van der Waals surface area contributed by atoms with Gasteiger partial charge in [0.1, 0.15) is 12.7 Å². The van der Waals surface area contributed by atoms with E-state index in [9.17, 15) is 0 Å². The van der Waals surface area contributed by atoms with Crippen LogP contribution in [0.2, 0.25) is 0 Å². The van der Waals surface area contributed by atoms with Crippen molar-refractivity contribution >= 4 is 0 Å². The van der Waals surface area contributed by atoms with Crippen LogP contribution in [-0.4, -0.2) is 29.5 Å². The van der Waals surface area contributed by atoms with Crippen LogP contribution in [0.4, 0.5) is 0 Å². The Labute approximate surface area is 150 Å². The molecule has 0 rings (SSSR count). The van der Waals surface area contributed by atoms with Gasteiger partial charge in [-0.25, -0.2) is 0 Å². The van der Waals surface area contributed by atoms with Crippen LogP contribution in [-0.2, 0) is 4.74 Å². The summed E-state index contributed by atoms with van der Waals surface area (Å²) in [5, 5.41) is 17.7. The molecular weight excluding hydrogens is 300 g/mol. The van der Waals surface area contributed by atoms with Crippen molar-refractivity contribution in [2.75, 3.05) is 13.2 Å². The molecule has 0 spiro atoms. The topological polar surface area (TPSA) is 49.7 Å². The predicted octanol–water partition coefficient (Wildman–Crippen LogP) is 5.74. The maximum absolute atomic E-state index is 9.08. The molecule has 0 amide bonds. The molecule has 0 aliphatic carbocycles. The average molecular weight is 343 g/mol. The van der Waals surface area contributed by atoms with Gasteiger partial charge in [0.05, 0.1) is 12.9 Å². The molecule has 2 N–H and O–H groups in total. The summed E-state index contributed by atoms with van der Waals surface area (Å²) in [5.41, 5.74) is 0. The molecule has 0 heterocycles. The van der Waals surface area contributed by atoms with E-state index in [-0.39, 0.29) is 13.2 Å². The van der Waals surface area contributed by atoms with Gasteiger partial charge in [-0.3, -0.25) is 0 Å². The fourth-order valence-corrected chi connectivity index (χ4v) is 2.81. The third-order valence-corrected chi connectivity index (χ3v) is 4.42. The van der Waals surface area contributed by atoms with Gasteiger partial charge in [0.15, 0.2) is 0 Å². The molecule has 0 aliphatic heterocycles. The SMILES string of the molecule is CCCCCCCCCCCCCCCC/C=C\OC[C@@H](O)CO. The molecule has 0 saturated heterocycles. The summed E-state index contributed by atoms with van der Waals surface area (Å²) >= 11 is 0. The van der Waals surface area contributed by atoms with Gasteiger partial charge >= 0.3 is 0 Å². The Balaban J connectivity index is 3.06. The lowest BCUT2D eigenvalue weighted by atomic mass is 10.0. The minimum atomic E-state index is -0.768. The Bertz CT molecular complexity index is 253. The number of aliphatic hydroxyl groups excluding tert-OH is 2. The van der Waals surface area contributed by atoms with Crippen molar-refractivity contribution in [1.82, 2.24) is 0 Å². The van der Waals surface area contributed by atoms with Crippen molar-refractivity contribution in [1.29, 1.82) is 0 Å². The molecule has 24 heavy (non-hydrogen) atoms. The van der Waals surface area contributed by atoms with E-state index < -0.39 is 6.10 Å². The smallest absolute Gasteiger partial charge is 0.115 e. The normalized spacial score (nSPS) is 12.8. The average Bonchev–Trinajstić information content (AvgIpc) is 2.60. The lowest BCUT2D eigenvalue weighted by Crippen LogP contribution is -2.17. The Kier molecular flexibility index (Phi) is 20.0. The van der Waals surface area contributed by atoms with Gasteiger partial charge in [0, 0.05) is 0 Å². The number of allylic oxidation sites excluding steroid dienone is 1. The van der Waals surface area contributed by atoms with Crippen molar-refractivity contribution in [3.63, 3.8) is 0 Å². The lowest BCUT2D eigenvalue weighted by Gasteiger charge is -2.05. The maximum Gasteiger partial charge on any atom is 0.115 e. The van der Waals surface area contributed by atoms with Crippen LogP contribution in [0.1, 0.15) is 103 Å². The summed E-state index contributed by atoms with van der Waals surface area (Å²) < 4.78 is 5.11. The zero-order chi connectivity index (χ0) is 17.7. The van der Waals surface area contributed by atoms with E-state index in [0.717, 1.165) is 6.42 Å². The summed E-state index contributed by atoms with van der Waals surface area (Å²) in [7, 11) is 0. The van der Waals surface area contributed by atoms with E-state index in [4.69, 9.17) is 14.9 Å². The van der Waals surface area contributed by atoms with Gasteiger partial charge in [-0.1, -0.05) is 90.4 Å². The third kappa shape index (κ3) is 19.5. The highest BCUT2D eigenvalue weighted by atomic mass is 16.5. The fraction of sp³-hybridized carbons (Fsp3) is 0.905. The highest BCUT2D eigenvalue weighted by Crippen LogP contribution is 2.13. The van der Waals surface area contributed by atoms with Gasteiger partial charge in [-0.2, -0.15) is 0 Å². The molecule has 1 atom stereocenters. The zero-order valence-corrected chi connectivity index (χ0v) is 16.1. The molecule has 0 bridgehead atoms. The maximum atomic E-state index is 9.08. The second kappa shape index (κ2) is 20.5. The molecule has 0 aromatic carbocycles. The molecule has 0 fully saturated rings. The van der Waals surface area contributed by atoms with Crippen LogP contribution >= 0.6 is 0 Å². The molecular formula is C21H42O3. The van der Waals surface area contributed by atoms with Crippen LogP contribution < -0.4 is 0 Å². The van der Waals surface area contributed by atoms with Crippen molar-refractivity contribution in [3.05, 3.63) is 12.3 Å². The number of ether oxygens (including phenoxy) is 1. The number of rotatable bonds is 19. The van der Waals surface area contributed by atoms with Gasteiger partial charge in [-0.05, 0) is 18.9 Å². The highest BCUT2D eigenvalue weighted by molar-refractivity contribution is 4.73.